The highest BCUT2D eigenvalue weighted by Gasteiger charge is 2.14. The number of carbonyl (C=O) groups excluding carboxylic acids is 1. The SMILES string of the molecule is CCOc1ccccc1-c1nnc(SCC(=O)Nc2cccc(CC)c2)o1. The van der Waals surface area contributed by atoms with E-state index in [2.05, 4.69) is 22.4 Å². The summed E-state index contributed by atoms with van der Waals surface area (Å²) in [6, 6.07) is 15.3. The van der Waals surface area contributed by atoms with Crippen LogP contribution < -0.4 is 10.1 Å². The molecule has 0 aliphatic carbocycles. The summed E-state index contributed by atoms with van der Waals surface area (Å²) in [5.74, 6) is 1.12. The lowest BCUT2D eigenvalue weighted by molar-refractivity contribution is -0.113. The maximum Gasteiger partial charge on any atom is 0.277 e. The Morgan fingerprint density at radius 3 is 2.81 bits per heavy atom. The van der Waals surface area contributed by atoms with Gasteiger partial charge in [0.1, 0.15) is 5.75 Å². The Morgan fingerprint density at radius 1 is 1.15 bits per heavy atom. The monoisotopic (exact) mass is 383 g/mol. The Bertz CT molecular complexity index is 911. The van der Waals surface area contributed by atoms with Gasteiger partial charge in [0.2, 0.25) is 5.91 Å². The lowest BCUT2D eigenvalue weighted by Gasteiger charge is -2.06. The van der Waals surface area contributed by atoms with E-state index in [4.69, 9.17) is 9.15 Å². The molecule has 0 radical (unpaired) electrons. The van der Waals surface area contributed by atoms with Gasteiger partial charge in [0.05, 0.1) is 17.9 Å². The summed E-state index contributed by atoms with van der Waals surface area (Å²) >= 11 is 1.20. The molecule has 0 atom stereocenters. The molecule has 0 aliphatic rings. The van der Waals surface area contributed by atoms with Gasteiger partial charge < -0.3 is 14.5 Å². The topological polar surface area (TPSA) is 77.2 Å². The van der Waals surface area contributed by atoms with E-state index in [1.165, 1.54) is 17.3 Å². The molecule has 6 nitrogen and oxygen atoms in total. The van der Waals surface area contributed by atoms with Crippen LogP contribution in [-0.4, -0.2) is 28.5 Å². The van der Waals surface area contributed by atoms with Crippen molar-refractivity contribution in [2.45, 2.75) is 25.5 Å². The van der Waals surface area contributed by atoms with Crippen LogP contribution in [0.2, 0.25) is 0 Å². The Balaban J connectivity index is 1.60. The first-order valence-electron chi connectivity index (χ1n) is 8.77. The zero-order valence-electron chi connectivity index (χ0n) is 15.3. The number of nitrogens with zero attached hydrogens (tertiary/aromatic N) is 2. The van der Waals surface area contributed by atoms with Gasteiger partial charge in [-0.1, -0.05) is 43.0 Å². The summed E-state index contributed by atoms with van der Waals surface area (Å²) < 4.78 is 11.3. The lowest BCUT2D eigenvalue weighted by Crippen LogP contribution is -2.14. The van der Waals surface area contributed by atoms with Crippen LogP contribution in [0.15, 0.2) is 58.2 Å². The largest absolute Gasteiger partial charge is 0.493 e. The third-order valence-corrected chi connectivity index (χ3v) is 4.59. The van der Waals surface area contributed by atoms with E-state index < -0.39 is 0 Å². The van der Waals surface area contributed by atoms with Gasteiger partial charge in [0.25, 0.3) is 11.1 Å². The van der Waals surface area contributed by atoms with Crippen LogP contribution in [0.5, 0.6) is 5.75 Å². The van der Waals surface area contributed by atoms with Crippen molar-refractivity contribution in [1.82, 2.24) is 10.2 Å². The second kappa shape index (κ2) is 9.23. The molecule has 1 amide bonds. The van der Waals surface area contributed by atoms with E-state index in [1.54, 1.807) is 0 Å². The van der Waals surface area contributed by atoms with Crippen LogP contribution in [0.1, 0.15) is 19.4 Å². The highest BCUT2D eigenvalue weighted by molar-refractivity contribution is 7.99. The second-order valence-corrected chi connectivity index (χ2v) is 6.62. The zero-order chi connectivity index (χ0) is 19.1. The van der Waals surface area contributed by atoms with E-state index in [0.29, 0.717) is 23.5 Å². The molecular weight excluding hydrogens is 362 g/mol. The standard InChI is InChI=1S/C20H21N3O3S/c1-3-14-8-7-9-15(12-14)21-18(24)13-27-20-23-22-19(26-20)16-10-5-6-11-17(16)25-4-2/h5-12H,3-4,13H2,1-2H3,(H,21,24). The molecule has 7 heteroatoms. The molecule has 0 fully saturated rings. The fourth-order valence-corrected chi connectivity index (χ4v) is 3.06. The summed E-state index contributed by atoms with van der Waals surface area (Å²) in [7, 11) is 0. The second-order valence-electron chi connectivity index (χ2n) is 5.69. The molecule has 0 unspecified atom stereocenters. The van der Waals surface area contributed by atoms with Gasteiger partial charge in [-0.05, 0) is 43.2 Å². The third-order valence-electron chi connectivity index (χ3n) is 3.77. The van der Waals surface area contributed by atoms with Crippen LogP contribution >= 0.6 is 11.8 Å². The van der Waals surface area contributed by atoms with Crippen LogP contribution in [-0.2, 0) is 11.2 Å². The molecular formula is C20H21N3O3S. The minimum Gasteiger partial charge on any atom is -0.493 e. The molecule has 2 aromatic carbocycles. The molecule has 27 heavy (non-hydrogen) atoms. The number of hydrogen-bond donors (Lipinski definition) is 1. The molecule has 3 rings (SSSR count). The number of hydrogen-bond acceptors (Lipinski definition) is 6. The molecule has 1 aromatic heterocycles. The zero-order valence-corrected chi connectivity index (χ0v) is 16.1. The molecule has 140 valence electrons. The lowest BCUT2D eigenvalue weighted by atomic mass is 10.1. The summed E-state index contributed by atoms with van der Waals surface area (Å²) in [5.41, 5.74) is 2.70. The Hall–Kier alpha value is -2.80. The van der Waals surface area contributed by atoms with Crippen molar-refractivity contribution in [1.29, 1.82) is 0 Å². The fraction of sp³-hybridized carbons (Fsp3) is 0.250. The van der Waals surface area contributed by atoms with Crippen molar-refractivity contribution in [2.75, 3.05) is 17.7 Å². The van der Waals surface area contributed by atoms with Gasteiger partial charge in [0.15, 0.2) is 0 Å². The number of para-hydroxylation sites is 1. The quantitative estimate of drug-likeness (QED) is 0.580. The van der Waals surface area contributed by atoms with Crippen molar-refractivity contribution >= 4 is 23.4 Å². The van der Waals surface area contributed by atoms with E-state index in [1.807, 2.05) is 55.5 Å². The summed E-state index contributed by atoms with van der Waals surface area (Å²) in [6.45, 7) is 4.54. The molecule has 0 spiro atoms. The molecule has 1 heterocycles. The van der Waals surface area contributed by atoms with Crippen LogP contribution in [0.25, 0.3) is 11.5 Å². The summed E-state index contributed by atoms with van der Waals surface area (Å²) in [4.78, 5) is 12.2. The first kappa shape index (κ1) is 19.0. The summed E-state index contributed by atoms with van der Waals surface area (Å²) in [5, 5.41) is 11.3. The number of aromatic nitrogens is 2. The molecule has 1 N–H and O–H groups in total. The average molecular weight is 383 g/mol. The highest BCUT2D eigenvalue weighted by atomic mass is 32.2. The van der Waals surface area contributed by atoms with E-state index in [0.717, 1.165) is 17.7 Å². The van der Waals surface area contributed by atoms with Gasteiger partial charge in [-0.3, -0.25) is 4.79 Å². The number of carbonyl (C=O) groups is 1. The molecule has 3 aromatic rings. The van der Waals surface area contributed by atoms with Gasteiger partial charge in [-0.25, -0.2) is 0 Å². The third kappa shape index (κ3) is 5.10. The van der Waals surface area contributed by atoms with Gasteiger partial charge in [-0.15, -0.1) is 10.2 Å². The van der Waals surface area contributed by atoms with Crippen LogP contribution in [0.3, 0.4) is 0 Å². The van der Waals surface area contributed by atoms with Crippen molar-refractivity contribution in [2.24, 2.45) is 0 Å². The number of benzene rings is 2. The van der Waals surface area contributed by atoms with E-state index >= 15 is 0 Å². The van der Waals surface area contributed by atoms with E-state index in [-0.39, 0.29) is 11.7 Å². The average Bonchev–Trinajstić information content (AvgIpc) is 3.16. The number of thioether (sulfide) groups is 1. The van der Waals surface area contributed by atoms with Gasteiger partial charge in [-0.2, -0.15) is 0 Å². The number of anilines is 1. The smallest absolute Gasteiger partial charge is 0.277 e. The molecule has 0 saturated carbocycles. The number of amides is 1. The van der Waals surface area contributed by atoms with E-state index in [9.17, 15) is 4.79 Å². The predicted octanol–water partition coefficient (Wildman–Crippen LogP) is 4.43. The minimum absolute atomic E-state index is 0.122. The first-order valence-corrected chi connectivity index (χ1v) is 9.75. The van der Waals surface area contributed by atoms with Crippen molar-refractivity contribution < 1.29 is 13.9 Å². The van der Waals surface area contributed by atoms with Crippen molar-refractivity contribution in [3.05, 3.63) is 54.1 Å². The van der Waals surface area contributed by atoms with Crippen LogP contribution in [0, 0.1) is 0 Å². The predicted molar refractivity (Wildman–Crippen MR) is 106 cm³/mol. The Morgan fingerprint density at radius 2 is 2.00 bits per heavy atom. The maximum absolute atomic E-state index is 12.2. The Kier molecular flexibility index (Phi) is 6.49. The van der Waals surface area contributed by atoms with Gasteiger partial charge in [0, 0.05) is 5.69 Å². The number of nitrogens with one attached hydrogen (secondary N) is 1. The number of rotatable bonds is 8. The first-order chi connectivity index (χ1) is 13.2. The maximum atomic E-state index is 12.2. The molecule has 0 bridgehead atoms. The van der Waals surface area contributed by atoms with Crippen molar-refractivity contribution in [3.8, 4) is 17.2 Å². The number of ether oxygens (including phenoxy) is 1. The molecule has 0 aliphatic heterocycles. The summed E-state index contributed by atoms with van der Waals surface area (Å²) in [6.07, 6.45) is 0.923. The van der Waals surface area contributed by atoms with Crippen LogP contribution in [0.4, 0.5) is 5.69 Å². The normalized spacial score (nSPS) is 10.6. The minimum atomic E-state index is -0.122. The number of aryl methyl sites for hydroxylation is 1. The highest BCUT2D eigenvalue weighted by Crippen LogP contribution is 2.30. The van der Waals surface area contributed by atoms with Crippen molar-refractivity contribution in [3.63, 3.8) is 0 Å². The Labute approximate surface area is 162 Å². The fourth-order valence-electron chi connectivity index (χ4n) is 2.49. The molecule has 0 saturated heterocycles. The van der Waals surface area contributed by atoms with Gasteiger partial charge >= 0.3 is 0 Å².